The molecule has 2 rings (SSSR count). The van der Waals surface area contributed by atoms with Crippen molar-refractivity contribution in [3.63, 3.8) is 0 Å². The van der Waals surface area contributed by atoms with Crippen LogP contribution in [0, 0.1) is 23.3 Å². The minimum absolute atomic E-state index is 0.164. The van der Waals surface area contributed by atoms with Crippen LogP contribution in [0.5, 0.6) is 0 Å². The summed E-state index contributed by atoms with van der Waals surface area (Å²) < 4.78 is 53.3. The van der Waals surface area contributed by atoms with E-state index in [2.05, 4.69) is 0 Å². The van der Waals surface area contributed by atoms with Gasteiger partial charge in [-0.1, -0.05) is 30.3 Å². The Morgan fingerprint density at radius 2 is 1.33 bits per heavy atom. The molecule has 5 heteroatoms. The number of aliphatic hydroxyl groups is 1. The minimum Gasteiger partial charge on any atom is -0.392 e. The molecule has 2 aromatic carbocycles. The van der Waals surface area contributed by atoms with Gasteiger partial charge in [0.25, 0.3) is 0 Å². The fourth-order valence-corrected chi connectivity index (χ4v) is 1.73. The second-order valence-electron chi connectivity index (χ2n) is 3.63. The summed E-state index contributed by atoms with van der Waals surface area (Å²) in [5.41, 5.74) is -0.899. The molecule has 0 aliphatic carbocycles. The Hall–Kier alpha value is -1.88. The first kappa shape index (κ1) is 12.6. The Labute approximate surface area is 100 Å². The zero-order valence-corrected chi connectivity index (χ0v) is 9.05. The van der Waals surface area contributed by atoms with Gasteiger partial charge in [-0.3, -0.25) is 0 Å². The van der Waals surface area contributed by atoms with Crippen LogP contribution in [-0.2, 0) is 6.61 Å². The number of rotatable bonds is 2. The molecule has 0 bridgehead atoms. The molecule has 0 spiro atoms. The molecule has 94 valence electrons. The zero-order chi connectivity index (χ0) is 13.3. The quantitative estimate of drug-likeness (QED) is 0.496. The number of hydrogen-bond donors (Lipinski definition) is 1. The molecule has 1 nitrogen and oxygen atoms in total. The monoisotopic (exact) mass is 256 g/mol. The van der Waals surface area contributed by atoms with Gasteiger partial charge in [-0.2, -0.15) is 0 Å². The molecule has 0 unspecified atom stereocenters. The van der Waals surface area contributed by atoms with Crippen molar-refractivity contribution in [3.05, 3.63) is 59.2 Å². The molecule has 0 saturated carbocycles. The van der Waals surface area contributed by atoms with Crippen LogP contribution in [0.4, 0.5) is 17.6 Å². The normalized spacial score (nSPS) is 10.7. The van der Waals surface area contributed by atoms with Gasteiger partial charge in [0.15, 0.2) is 23.3 Å². The molecule has 0 heterocycles. The second-order valence-corrected chi connectivity index (χ2v) is 3.63. The van der Waals surface area contributed by atoms with E-state index in [0.29, 0.717) is 0 Å². The molecule has 1 N–H and O–H groups in total. The first-order valence-corrected chi connectivity index (χ1v) is 5.09. The Kier molecular flexibility index (Phi) is 3.34. The van der Waals surface area contributed by atoms with Crippen LogP contribution in [-0.4, -0.2) is 5.11 Å². The first-order chi connectivity index (χ1) is 8.57. The van der Waals surface area contributed by atoms with E-state index in [1.165, 1.54) is 24.3 Å². The molecule has 0 saturated heterocycles. The van der Waals surface area contributed by atoms with Crippen LogP contribution in [0.15, 0.2) is 30.3 Å². The molecule has 2 aromatic rings. The van der Waals surface area contributed by atoms with E-state index in [0.717, 1.165) is 0 Å². The highest BCUT2D eigenvalue weighted by molar-refractivity contribution is 5.68. The van der Waals surface area contributed by atoms with Crippen molar-refractivity contribution in [2.45, 2.75) is 6.61 Å². The van der Waals surface area contributed by atoms with Crippen molar-refractivity contribution in [3.8, 4) is 11.1 Å². The van der Waals surface area contributed by atoms with Gasteiger partial charge in [0, 0.05) is 11.1 Å². The largest absolute Gasteiger partial charge is 0.392 e. The van der Waals surface area contributed by atoms with Gasteiger partial charge >= 0.3 is 0 Å². The third-order valence-corrected chi connectivity index (χ3v) is 2.58. The van der Waals surface area contributed by atoms with Crippen molar-refractivity contribution < 1.29 is 22.7 Å². The molecular formula is C13H8F4O. The van der Waals surface area contributed by atoms with Crippen LogP contribution in [0.25, 0.3) is 11.1 Å². The third-order valence-electron chi connectivity index (χ3n) is 2.58. The fraction of sp³-hybridized carbons (Fsp3) is 0.0769. The summed E-state index contributed by atoms with van der Waals surface area (Å²) in [6.45, 7) is -0.926. The SMILES string of the molecule is OCc1c(F)c(F)c(F)c(F)c1-c1ccccc1. The highest BCUT2D eigenvalue weighted by Crippen LogP contribution is 2.32. The third kappa shape index (κ3) is 1.86. The smallest absolute Gasteiger partial charge is 0.198 e. The summed E-state index contributed by atoms with van der Waals surface area (Å²) in [6, 6.07) is 7.53. The summed E-state index contributed by atoms with van der Waals surface area (Å²) in [5, 5.41) is 9.00. The van der Waals surface area contributed by atoms with Gasteiger partial charge in [-0.05, 0) is 5.56 Å². The lowest BCUT2D eigenvalue weighted by Crippen LogP contribution is -2.06. The molecule has 0 aromatic heterocycles. The van der Waals surface area contributed by atoms with Crippen LogP contribution >= 0.6 is 0 Å². The Bertz CT molecular complexity index is 582. The lowest BCUT2D eigenvalue weighted by Gasteiger charge is -2.12. The Balaban J connectivity index is 2.82. The Morgan fingerprint density at radius 1 is 0.778 bits per heavy atom. The number of aliphatic hydroxyl groups excluding tert-OH is 1. The highest BCUT2D eigenvalue weighted by Gasteiger charge is 2.25. The van der Waals surface area contributed by atoms with Gasteiger partial charge < -0.3 is 5.11 Å². The minimum atomic E-state index is -1.92. The predicted molar refractivity (Wildman–Crippen MR) is 57.6 cm³/mol. The van der Waals surface area contributed by atoms with E-state index in [1.54, 1.807) is 6.07 Å². The lowest BCUT2D eigenvalue weighted by atomic mass is 9.98. The molecule has 0 fully saturated rings. The van der Waals surface area contributed by atoms with Crippen molar-refractivity contribution in [2.75, 3.05) is 0 Å². The number of hydrogen-bond acceptors (Lipinski definition) is 1. The maximum Gasteiger partial charge on any atom is 0.198 e. The standard InChI is InChI=1S/C13H8F4O/c14-10-8(6-18)9(7-4-2-1-3-5-7)11(15)13(17)12(10)16/h1-5,18H,6H2. The molecule has 18 heavy (non-hydrogen) atoms. The van der Waals surface area contributed by atoms with Gasteiger partial charge in [-0.25, -0.2) is 17.6 Å². The van der Waals surface area contributed by atoms with Gasteiger partial charge in [0.2, 0.25) is 0 Å². The van der Waals surface area contributed by atoms with Gasteiger partial charge in [0.05, 0.1) is 6.61 Å². The van der Waals surface area contributed by atoms with E-state index >= 15 is 0 Å². The summed E-state index contributed by atoms with van der Waals surface area (Å²) in [6.07, 6.45) is 0. The van der Waals surface area contributed by atoms with Crippen molar-refractivity contribution in [1.82, 2.24) is 0 Å². The summed E-state index contributed by atoms with van der Waals surface area (Å²) in [4.78, 5) is 0. The maximum absolute atomic E-state index is 13.7. The second kappa shape index (κ2) is 4.78. The van der Waals surface area contributed by atoms with Crippen molar-refractivity contribution in [2.24, 2.45) is 0 Å². The topological polar surface area (TPSA) is 20.2 Å². The van der Waals surface area contributed by atoms with Crippen LogP contribution in [0.1, 0.15) is 5.56 Å². The van der Waals surface area contributed by atoms with E-state index in [1.807, 2.05) is 0 Å². The average molecular weight is 256 g/mol. The molecule has 0 aliphatic heterocycles. The summed E-state index contributed by atoms with van der Waals surface area (Å²) in [5.74, 6) is -6.89. The molecule has 0 radical (unpaired) electrons. The highest BCUT2D eigenvalue weighted by atomic mass is 19.2. The lowest BCUT2D eigenvalue weighted by molar-refractivity contribution is 0.271. The van der Waals surface area contributed by atoms with Crippen LogP contribution in [0.3, 0.4) is 0 Å². The first-order valence-electron chi connectivity index (χ1n) is 5.09. The molecule has 0 amide bonds. The molecular weight excluding hydrogens is 248 g/mol. The van der Waals surface area contributed by atoms with E-state index in [9.17, 15) is 17.6 Å². The van der Waals surface area contributed by atoms with E-state index < -0.39 is 41.0 Å². The number of benzene rings is 2. The van der Waals surface area contributed by atoms with Crippen molar-refractivity contribution >= 4 is 0 Å². The maximum atomic E-state index is 13.7. The zero-order valence-electron chi connectivity index (χ0n) is 9.05. The summed E-state index contributed by atoms with van der Waals surface area (Å²) >= 11 is 0. The van der Waals surface area contributed by atoms with Crippen LogP contribution < -0.4 is 0 Å². The Morgan fingerprint density at radius 3 is 1.89 bits per heavy atom. The number of halogens is 4. The van der Waals surface area contributed by atoms with Gasteiger partial charge in [0.1, 0.15) is 0 Å². The summed E-state index contributed by atoms with van der Waals surface area (Å²) in [7, 11) is 0. The van der Waals surface area contributed by atoms with Crippen molar-refractivity contribution in [1.29, 1.82) is 0 Å². The van der Waals surface area contributed by atoms with Gasteiger partial charge in [-0.15, -0.1) is 0 Å². The van der Waals surface area contributed by atoms with E-state index in [-0.39, 0.29) is 5.56 Å². The predicted octanol–water partition coefficient (Wildman–Crippen LogP) is 3.40. The molecule has 0 atom stereocenters. The molecule has 0 aliphatic rings. The fourth-order valence-electron chi connectivity index (χ4n) is 1.73. The van der Waals surface area contributed by atoms with Crippen LogP contribution in [0.2, 0.25) is 0 Å². The average Bonchev–Trinajstić information content (AvgIpc) is 2.41. The van der Waals surface area contributed by atoms with E-state index in [4.69, 9.17) is 5.11 Å².